The largest absolute Gasteiger partial charge is 0.309 e. The Morgan fingerprint density at radius 2 is 0.638 bits per heavy atom. The van der Waals surface area contributed by atoms with Crippen LogP contribution in [0.4, 0.5) is 34.1 Å². The maximum Gasteiger partial charge on any atom is 0.0540 e. The minimum absolute atomic E-state index is 1.15. The molecule has 0 atom stereocenters. The highest BCUT2D eigenvalue weighted by Gasteiger charge is 2.24. The molecule has 0 spiro atoms. The Kier molecular flexibility index (Phi) is 8.76. The van der Waals surface area contributed by atoms with Gasteiger partial charge in [0.2, 0.25) is 0 Å². The average molecular weight is 745 g/mol. The standard InChI is InChI=1S/C56H44N2/c1-37-31-38(2)34-45(33-37)57(51-21-13-11-19-47(51)41-15-7-5-8-16-41)53-29-25-43-24-28-50-54(30-26-44-23-27-49(53)55(43)56(44)50)58(46-35-39(3)32-40(4)36-46)52-22-14-12-20-48(52)42-17-9-6-10-18-42/h5-36H,1-4H3. The Hall–Kier alpha value is -7.16. The van der Waals surface area contributed by atoms with Crippen LogP contribution in [0.5, 0.6) is 0 Å². The van der Waals surface area contributed by atoms with E-state index in [0.717, 1.165) is 34.1 Å². The number of hydrogen-bond acceptors (Lipinski definition) is 2. The Bertz CT molecular complexity index is 2860. The molecule has 278 valence electrons. The highest BCUT2D eigenvalue weighted by Crippen LogP contribution is 2.50. The second-order valence-electron chi connectivity index (χ2n) is 15.7. The van der Waals surface area contributed by atoms with Gasteiger partial charge >= 0.3 is 0 Å². The Labute approximate surface area is 341 Å². The van der Waals surface area contributed by atoms with Crippen LogP contribution >= 0.6 is 0 Å². The van der Waals surface area contributed by atoms with E-state index in [-0.39, 0.29) is 0 Å². The van der Waals surface area contributed by atoms with Gasteiger partial charge in [-0.05, 0) is 131 Å². The van der Waals surface area contributed by atoms with Crippen LogP contribution in [0, 0.1) is 27.7 Å². The third-order valence-corrected chi connectivity index (χ3v) is 11.5. The van der Waals surface area contributed by atoms with Crippen molar-refractivity contribution < 1.29 is 0 Å². The van der Waals surface area contributed by atoms with E-state index in [1.54, 1.807) is 0 Å². The molecule has 0 saturated heterocycles. The van der Waals surface area contributed by atoms with Gasteiger partial charge in [0, 0.05) is 33.3 Å². The molecule has 0 saturated carbocycles. The molecule has 0 aliphatic heterocycles. The predicted molar refractivity (Wildman–Crippen MR) is 249 cm³/mol. The summed E-state index contributed by atoms with van der Waals surface area (Å²) >= 11 is 0. The van der Waals surface area contributed by atoms with E-state index in [2.05, 4.69) is 232 Å². The first-order chi connectivity index (χ1) is 28.4. The molecule has 2 heteroatoms. The summed E-state index contributed by atoms with van der Waals surface area (Å²) in [4.78, 5) is 4.96. The molecule has 0 aromatic heterocycles. The zero-order valence-electron chi connectivity index (χ0n) is 33.4. The maximum atomic E-state index is 2.48. The molecular weight excluding hydrogens is 701 g/mol. The van der Waals surface area contributed by atoms with Crippen LogP contribution in [0.2, 0.25) is 0 Å². The predicted octanol–water partition coefficient (Wildman–Crippen LogP) is 16.1. The molecule has 0 bridgehead atoms. The summed E-state index contributed by atoms with van der Waals surface area (Å²) in [6.07, 6.45) is 0. The van der Waals surface area contributed by atoms with E-state index in [0.29, 0.717) is 0 Å². The Balaban J connectivity index is 1.26. The molecule has 58 heavy (non-hydrogen) atoms. The molecule has 0 radical (unpaired) electrons. The van der Waals surface area contributed by atoms with Crippen LogP contribution in [0.15, 0.2) is 194 Å². The first-order valence-electron chi connectivity index (χ1n) is 20.2. The summed E-state index contributed by atoms with van der Waals surface area (Å²) in [6.45, 7) is 8.78. The lowest BCUT2D eigenvalue weighted by molar-refractivity contribution is 1.26. The smallest absolute Gasteiger partial charge is 0.0540 e. The molecular formula is C56H44N2. The SMILES string of the molecule is Cc1cc(C)cc(N(c2ccccc2-c2ccccc2)c2ccc3ccc4c(N(c5cc(C)cc(C)c5)c5ccccc5-c5ccccc5)ccc5ccc2c3c54)c1. The molecule has 0 aliphatic rings. The van der Waals surface area contributed by atoms with Crippen molar-refractivity contribution in [1.82, 2.24) is 0 Å². The van der Waals surface area contributed by atoms with Crippen LogP contribution in [0.3, 0.4) is 0 Å². The summed E-state index contributed by atoms with van der Waals surface area (Å²) in [5.41, 5.74) is 16.6. The topological polar surface area (TPSA) is 6.48 Å². The van der Waals surface area contributed by atoms with Crippen molar-refractivity contribution in [3.63, 3.8) is 0 Å². The number of para-hydroxylation sites is 2. The molecule has 2 nitrogen and oxygen atoms in total. The van der Waals surface area contributed by atoms with Gasteiger partial charge in [0.1, 0.15) is 0 Å². The van der Waals surface area contributed by atoms with Gasteiger partial charge in [-0.2, -0.15) is 0 Å². The number of benzene rings is 10. The van der Waals surface area contributed by atoms with E-state index in [1.807, 2.05) is 0 Å². The summed E-state index contributed by atoms with van der Waals surface area (Å²) < 4.78 is 0. The van der Waals surface area contributed by atoms with Crippen LogP contribution in [0.25, 0.3) is 54.6 Å². The van der Waals surface area contributed by atoms with Crippen molar-refractivity contribution in [3.8, 4) is 22.3 Å². The summed E-state index contributed by atoms with van der Waals surface area (Å²) in [5, 5.41) is 7.45. The van der Waals surface area contributed by atoms with E-state index < -0.39 is 0 Å². The lowest BCUT2D eigenvalue weighted by Gasteiger charge is -2.31. The lowest BCUT2D eigenvalue weighted by Crippen LogP contribution is -2.13. The molecule has 0 unspecified atom stereocenters. The zero-order chi connectivity index (χ0) is 39.3. The molecule has 0 N–H and O–H groups in total. The van der Waals surface area contributed by atoms with Crippen molar-refractivity contribution in [3.05, 3.63) is 216 Å². The molecule has 10 rings (SSSR count). The van der Waals surface area contributed by atoms with Gasteiger partial charge < -0.3 is 9.80 Å². The Morgan fingerprint density at radius 1 is 0.293 bits per heavy atom. The lowest BCUT2D eigenvalue weighted by atomic mass is 9.91. The summed E-state index contributed by atoms with van der Waals surface area (Å²) in [7, 11) is 0. The normalized spacial score (nSPS) is 11.4. The van der Waals surface area contributed by atoms with Gasteiger partial charge in [0.15, 0.2) is 0 Å². The average Bonchev–Trinajstić information content (AvgIpc) is 3.24. The summed E-state index contributed by atoms with van der Waals surface area (Å²) in [5.74, 6) is 0. The van der Waals surface area contributed by atoms with Crippen LogP contribution in [-0.4, -0.2) is 0 Å². The number of anilines is 6. The fourth-order valence-corrected chi connectivity index (χ4v) is 9.20. The monoisotopic (exact) mass is 744 g/mol. The van der Waals surface area contributed by atoms with Crippen LogP contribution < -0.4 is 9.80 Å². The fourth-order valence-electron chi connectivity index (χ4n) is 9.20. The van der Waals surface area contributed by atoms with E-state index in [4.69, 9.17) is 0 Å². The maximum absolute atomic E-state index is 2.48. The van der Waals surface area contributed by atoms with E-state index >= 15 is 0 Å². The van der Waals surface area contributed by atoms with Crippen molar-refractivity contribution in [2.24, 2.45) is 0 Å². The molecule has 0 fully saturated rings. The third kappa shape index (κ3) is 6.15. The number of aryl methyl sites for hydroxylation is 4. The van der Waals surface area contributed by atoms with Crippen molar-refractivity contribution in [2.45, 2.75) is 27.7 Å². The molecule has 0 amide bonds. The van der Waals surface area contributed by atoms with Gasteiger partial charge in [0.05, 0.1) is 22.7 Å². The third-order valence-electron chi connectivity index (χ3n) is 11.5. The first kappa shape index (κ1) is 35.3. The fraction of sp³-hybridized carbons (Fsp3) is 0.0714. The van der Waals surface area contributed by atoms with Crippen molar-refractivity contribution >= 4 is 66.4 Å². The van der Waals surface area contributed by atoms with Gasteiger partial charge in [0.25, 0.3) is 0 Å². The Morgan fingerprint density at radius 3 is 1.03 bits per heavy atom. The molecule has 10 aromatic rings. The second kappa shape index (κ2) is 14.4. The van der Waals surface area contributed by atoms with Gasteiger partial charge in [-0.3, -0.25) is 0 Å². The van der Waals surface area contributed by atoms with Gasteiger partial charge in [-0.1, -0.05) is 146 Å². The van der Waals surface area contributed by atoms with E-state index in [9.17, 15) is 0 Å². The highest BCUT2D eigenvalue weighted by atomic mass is 15.2. The van der Waals surface area contributed by atoms with Crippen molar-refractivity contribution in [1.29, 1.82) is 0 Å². The zero-order valence-corrected chi connectivity index (χ0v) is 33.4. The van der Waals surface area contributed by atoms with Gasteiger partial charge in [-0.25, -0.2) is 0 Å². The van der Waals surface area contributed by atoms with Gasteiger partial charge in [-0.15, -0.1) is 0 Å². The summed E-state index contributed by atoms with van der Waals surface area (Å²) in [6, 6.07) is 71.5. The number of rotatable bonds is 8. The number of hydrogen-bond donors (Lipinski definition) is 0. The minimum Gasteiger partial charge on any atom is -0.309 e. The highest BCUT2D eigenvalue weighted by molar-refractivity contribution is 6.28. The minimum atomic E-state index is 1.15. The number of nitrogens with zero attached hydrogens (tertiary/aromatic N) is 2. The van der Waals surface area contributed by atoms with Crippen LogP contribution in [-0.2, 0) is 0 Å². The molecule has 0 aliphatic carbocycles. The quantitative estimate of drug-likeness (QED) is 0.143. The van der Waals surface area contributed by atoms with Crippen LogP contribution in [0.1, 0.15) is 22.3 Å². The second-order valence-corrected chi connectivity index (χ2v) is 15.7. The molecule has 10 aromatic carbocycles. The van der Waals surface area contributed by atoms with E-state index in [1.165, 1.54) is 76.8 Å². The molecule has 0 heterocycles. The first-order valence-corrected chi connectivity index (χ1v) is 20.2. The van der Waals surface area contributed by atoms with Crippen molar-refractivity contribution in [2.75, 3.05) is 9.80 Å².